The highest BCUT2D eigenvalue weighted by Gasteiger charge is 2.25. The van der Waals surface area contributed by atoms with Crippen LogP contribution in [0, 0.1) is 13.8 Å². The number of nitrogens with zero attached hydrogens (tertiary/aromatic N) is 6. The lowest BCUT2D eigenvalue weighted by Crippen LogP contribution is -2.27. The molecule has 0 bridgehead atoms. The van der Waals surface area contributed by atoms with Gasteiger partial charge in [0.2, 0.25) is 0 Å². The van der Waals surface area contributed by atoms with Gasteiger partial charge in [-0.2, -0.15) is 4.98 Å². The maximum absolute atomic E-state index is 5.63. The van der Waals surface area contributed by atoms with Crippen molar-refractivity contribution in [1.29, 1.82) is 0 Å². The first-order valence-corrected chi connectivity index (χ1v) is 8.88. The zero-order chi connectivity index (χ0) is 19.7. The Balaban J connectivity index is 1.81. The molecule has 3 heterocycles. The second kappa shape index (κ2) is 7.32. The smallest absolute Gasteiger partial charge is 0.251 e. The van der Waals surface area contributed by atoms with Crippen LogP contribution >= 0.6 is 0 Å². The minimum atomic E-state index is -0.328. The number of fused-ring (bicyclic) bond motifs is 1. The van der Waals surface area contributed by atoms with Crippen LogP contribution in [-0.4, -0.2) is 32.2 Å². The second-order valence-corrected chi connectivity index (χ2v) is 6.51. The second-order valence-electron chi connectivity index (χ2n) is 6.51. The average Bonchev–Trinajstić information content (AvgIpc) is 3.15. The summed E-state index contributed by atoms with van der Waals surface area (Å²) in [6.45, 7) is 5.70. The van der Waals surface area contributed by atoms with Crippen LogP contribution in [0.4, 0.5) is 5.82 Å². The number of benzene rings is 1. The zero-order valence-corrected chi connectivity index (χ0v) is 16.1. The molecular formula is C20H20N6O2. The topological polar surface area (TPSA) is 90.1 Å². The quantitative estimate of drug-likeness (QED) is 0.486. The molecule has 3 aromatic heterocycles. The van der Waals surface area contributed by atoms with E-state index < -0.39 is 0 Å². The van der Waals surface area contributed by atoms with Crippen molar-refractivity contribution < 1.29 is 9.36 Å². The first-order valence-electron chi connectivity index (χ1n) is 8.88. The summed E-state index contributed by atoms with van der Waals surface area (Å²) in [4.78, 5) is 23.3. The molecule has 0 fully saturated rings. The summed E-state index contributed by atoms with van der Waals surface area (Å²) >= 11 is 0. The molecule has 4 rings (SSSR count). The van der Waals surface area contributed by atoms with Crippen molar-refractivity contribution >= 4 is 16.7 Å². The molecule has 28 heavy (non-hydrogen) atoms. The summed E-state index contributed by atoms with van der Waals surface area (Å²) in [5.41, 5.74) is 3.77. The third kappa shape index (κ3) is 3.29. The van der Waals surface area contributed by atoms with Gasteiger partial charge in [0.25, 0.3) is 5.89 Å². The lowest BCUT2D eigenvalue weighted by molar-refractivity contribution is 0.130. The number of aryl methyl sites for hydroxylation is 2. The monoisotopic (exact) mass is 376 g/mol. The van der Waals surface area contributed by atoms with E-state index in [1.807, 2.05) is 50.4 Å². The van der Waals surface area contributed by atoms with Crippen molar-refractivity contribution in [1.82, 2.24) is 25.1 Å². The molecule has 8 heteroatoms. The van der Waals surface area contributed by atoms with Crippen molar-refractivity contribution in [2.45, 2.75) is 26.8 Å². The fourth-order valence-corrected chi connectivity index (χ4v) is 3.03. The molecule has 8 nitrogen and oxygen atoms in total. The summed E-state index contributed by atoms with van der Waals surface area (Å²) in [5.74, 6) is 1.63. The van der Waals surface area contributed by atoms with Crippen LogP contribution in [0.15, 0.2) is 47.4 Å². The predicted molar refractivity (Wildman–Crippen MR) is 104 cm³/mol. The molecule has 0 spiro atoms. The first-order chi connectivity index (χ1) is 13.6. The van der Waals surface area contributed by atoms with Gasteiger partial charge in [-0.3, -0.25) is 9.82 Å². The van der Waals surface area contributed by atoms with Gasteiger partial charge < -0.3 is 4.52 Å². The third-order valence-corrected chi connectivity index (χ3v) is 4.48. The highest BCUT2D eigenvalue weighted by molar-refractivity contribution is 5.92. The Morgan fingerprint density at radius 3 is 2.61 bits per heavy atom. The maximum atomic E-state index is 5.63. The Morgan fingerprint density at radius 1 is 1.07 bits per heavy atom. The minimum Gasteiger partial charge on any atom is -0.337 e. The number of pyridine rings is 1. The molecule has 0 saturated heterocycles. The molecule has 0 radical (unpaired) electrons. The van der Waals surface area contributed by atoms with Crippen LogP contribution in [0.2, 0.25) is 0 Å². The number of hydrogen-bond donors (Lipinski definition) is 0. The van der Waals surface area contributed by atoms with E-state index in [0.29, 0.717) is 17.5 Å². The van der Waals surface area contributed by atoms with E-state index in [1.165, 1.54) is 6.33 Å². The van der Waals surface area contributed by atoms with Crippen molar-refractivity contribution in [3.8, 4) is 11.3 Å². The maximum Gasteiger partial charge on any atom is 0.251 e. The first kappa shape index (κ1) is 18.0. The van der Waals surface area contributed by atoms with Gasteiger partial charge >= 0.3 is 0 Å². The van der Waals surface area contributed by atoms with E-state index in [4.69, 9.17) is 9.36 Å². The highest BCUT2D eigenvalue weighted by Crippen LogP contribution is 2.32. The Kier molecular flexibility index (Phi) is 4.70. The van der Waals surface area contributed by atoms with Crippen LogP contribution in [0.3, 0.4) is 0 Å². The van der Waals surface area contributed by atoms with Crippen LogP contribution in [-0.2, 0) is 4.84 Å². The number of rotatable bonds is 5. The van der Waals surface area contributed by atoms with Crippen LogP contribution < -0.4 is 5.06 Å². The Bertz CT molecular complexity index is 1110. The molecule has 142 valence electrons. The van der Waals surface area contributed by atoms with Crippen LogP contribution in [0.25, 0.3) is 22.2 Å². The lowest BCUT2D eigenvalue weighted by Gasteiger charge is -2.25. The predicted octanol–water partition coefficient (Wildman–Crippen LogP) is 3.82. The fourth-order valence-electron chi connectivity index (χ4n) is 3.03. The van der Waals surface area contributed by atoms with Gasteiger partial charge in [0.15, 0.2) is 11.6 Å². The summed E-state index contributed by atoms with van der Waals surface area (Å²) in [5, 5.41) is 6.34. The van der Waals surface area contributed by atoms with Crippen molar-refractivity contribution in [3.05, 3.63) is 60.1 Å². The molecule has 0 aliphatic rings. The molecule has 1 atom stereocenters. The summed E-state index contributed by atoms with van der Waals surface area (Å²) in [7, 11) is 1.58. The van der Waals surface area contributed by atoms with E-state index in [9.17, 15) is 0 Å². The van der Waals surface area contributed by atoms with Gasteiger partial charge in [0.1, 0.15) is 12.4 Å². The van der Waals surface area contributed by atoms with Gasteiger partial charge in [-0.25, -0.2) is 15.0 Å². The Morgan fingerprint density at radius 2 is 1.93 bits per heavy atom. The van der Waals surface area contributed by atoms with Gasteiger partial charge in [-0.15, -0.1) is 0 Å². The third-order valence-electron chi connectivity index (χ3n) is 4.48. The van der Waals surface area contributed by atoms with Crippen molar-refractivity contribution in [2.75, 3.05) is 12.2 Å². The molecule has 0 aliphatic carbocycles. The average molecular weight is 376 g/mol. The minimum absolute atomic E-state index is 0.328. The zero-order valence-electron chi connectivity index (χ0n) is 16.1. The Labute approximate surface area is 162 Å². The van der Waals surface area contributed by atoms with Crippen LogP contribution in [0.5, 0.6) is 0 Å². The molecule has 0 aliphatic heterocycles. The number of anilines is 1. The normalized spacial score (nSPS) is 12.3. The Hall–Kier alpha value is -3.39. The standard InChI is InChI=1S/C20H20N6O2/c1-12-5-7-17(21-10-12)15-6-8-18-16(9-15)19(23-11-22-18)26(27-4)13(2)20-24-14(3)25-28-20/h5-11,13H,1-4H3. The van der Waals surface area contributed by atoms with Crippen LogP contribution in [0.1, 0.15) is 30.2 Å². The fraction of sp³-hybridized carbons (Fsp3) is 0.250. The number of hydrogen-bond acceptors (Lipinski definition) is 8. The lowest BCUT2D eigenvalue weighted by atomic mass is 10.1. The largest absolute Gasteiger partial charge is 0.337 e. The van der Waals surface area contributed by atoms with E-state index in [-0.39, 0.29) is 6.04 Å². The molecule has 1 unspecified atom stereocenters. The van der Waals surface area contributed by atoms with E-state index in [1.54, 1.807) is 19.1 Å². The highest BCUT2D eigenvalue weighted by atomic mass is 16.7. The van der Waals surface area contributed by atoms with E-state index in [0.717, 1.165) is 27.7 Å². The molecule has 0 N–H and O–H groups in total. The number of aromatic nitrogens is 5. The SMILES string of the molecule is CON(c1ncnc2ccc(-c3ccc(C)cn3)cc12)C(C)c1nc(C)no1. The molecule has 0 amide bonds. The van der Waals surface area contributed by atoms with Gasteiger partial charge in [-0.1, -0.05) is 17.3 Å². The summed E-state index contributed by atoms with van der Waals surface area (Å²) in [6.07, 6.45) is 3.36. The summed E-state index contributed by atoms with van der Waals surface area (Å²) < 4.78 is 5.31. The molecular weight excluding hydrogens is 356 g/mol. The van der Waals surface area contributed by atoms with E-state index in [2.05, 4.69) is 25.1 Å². The number of hydroxylamine groups is 1. The van der Waals surface area contributed by atoms with E-state index >= 15 is 0 Å². The molecule has 1 aromatic carbocycles. The van der Waals surface area contributed by atoms with Gasteiger partial charge in [-0.05, 0) is 44.5 Å². The molecule has 4 aromatic rings. The summed E-state index contributed by atoms with van der Waals surface area (Å²) in [6, 6.07) is 9.67. The molecule has 0 saturated carbocycles. The van der Waals surface area contributed by atoms with Crippen molar-refractivity contribution in [3.63, 3.8) is 0 Å². The van der Waals surface area contributed by atoms with Gasteiger partial charge in [0, 0.05) is 17.1 Å². The van der Waals surface area contributed by atoms with Gasteiger partial charge in [0.05, 0.1) is 18.3 Å². The van der Waals surface area contributed by atoms with Crippen molar-refractivity contribution in [2.24, 2.45) is 0 Å².